The van der Waals surface area contributed by atoms with Crippen LogP contribution in [-0.4, -0.2) is 21.2 Å². The molecule has 2 nitrogen and oxygen atoms in total. The van der Waals surface area contributed by atoms with Crippen molar-refractivity contribution in [2.24, 2.45) is 17.1 Å². The Labute approximate surface area is 148 Å². The van der Waals surface area contributed by atoms with Crippen LogP contribution in [0, 0.1) is 11.3 Å². The lowest BCUT2D eigenvalue weighted by Crippen LogP contribution is -2.56. The topological polar surface area (TPSA) is 35.2 Å². The van der Waals surface area contributed by atoms with Gasteiger partial charge in [0.05, 0.1) is 6.10 Å². The Morgan fingerprint density at radius 1 is 0.833 bits per heavy atom. The number of hydrogen-bond acceptors (Lipinski definition) is 2. The zero-order chi connectivity index (χ0) is 17.7. The van der Waals surface area contributed by atoms with E-state index in [9.17, 15) is 0 Å². The predicted octanol–water partition coefficient (Wildman–Crippen LogP) is 3.21. The van der Waals surface area contributed by atoms with Crippen molar-refractivity contribution in [3.8, 4) is 0 Å². The van der Waals surface area contributed by atoms with E-state index >= 15 is 0 Å². The summed E-state index contributed by atoms with van der Waals surface area (Å²) in [4.78, 5) is 0. The van der Waals surface area contributed by atoms with E-state index in [2.05, 4.69) is 95.3 Å². The van der Waals surface area contributed by atoms with Crippen molar-refractivity contribution in [3.63, 3.8) is 0 Å². The third-order valence-corrected chi connectivity index (χ3v) is 6.49. The first-order chi connectivity index (χ1) is 11.3. The maximum Gasteiger partial charge on any atom is 0.283 e. The molecular formula is C21H30NOSi. The molecule has 1 radical (unpaired) electrons. The molecule has 2 rings (SSSR count). The van der Waals surface area contributed by atoms with Crippen LogP contribution in [0.25, 0.3) is 0 Å². The molecule has 2 aromatic carbocycles. The molecule has 0 fully saturated rings. The molecule has 0 aromatic heterocycles. The minimum absolute atomic E-state index is 0.00630. The third-order valence-electron chi connectivity index (χ3n) is 4.29. The zero-order valence-corrected chi connectivity index (χ0v) is 16.5. The third kappa shape index (κ3) is 4.79. The molecular weight excluding hydrogens is 310 g/mol. The van der Waals surface area contributed by atoms with E-state index in [4.69, 9.17) is 10.2 Å². The van der Waals surface area contributed by atoms with Crippen LogP contribution in [0.2, 0.25) is 0 Å². The summed E-state index contributed by atoms with van der Waals surface area (Å²) >= 11 is 0. The van der Waals surface area contributed by atoms with Gasteiger partial charge in [-0.2, -0.15) is 0 Å². The maximum atomic E-state index is 6.79. The Hall–Kier alpha value is -1.42. The first kappa shape index (κ1) is 18.9. The summed E-state index contributed by atoms with van der Waals surface area (Å²) < 4.78 is 6.79. The van der Waals surface area contributed by atoms with Crippen LogP contribution in [-0.2, 0) is 4.43 Å². The molecule has 1 unspecified atom stereocenters. The summed E-state index contributed by atoms with van der Waals surface area (Å²) in [7, 11) is -1.34. The molecule has 3 heteroatoms. The molecule has 0 aliphatic rings. The number of benzene rings is 2. The van der Waals surface area contributed by atoms with Gasteiger partial charge in [0.2, 0.25) is 0 Å². The van der Waals surface area contributed by atoms with Gasteiger partial charge >= 0.3 is 0 Å². The summed E-state index contributed by atoms with van der Waals surface area (Å²) in [6.07, 6.45) is 0.00630. The molecule has 2 N–H and O–H groups in total. The van der Waals surface area contributed by atoms with Crippen LogP contribution >= 0.6 is 0 Å². The molecule has 0 saturated heterocycles. The second-order valence-corrected chi connectivity index (χ2v) is 9.84. The van der Waals surface area contributed by atoms with Gasteiger partial charge in [-0.25, -0.2) is 0 Å². The molecule has 0 spiro atoms. The molecule has 24 heavy (non-hydrogen) atoms. The fourth-order valence-corrected chi connectivity index (χ4v) is 5.15. The average molecular weight is 341 g/mol. The van der Waals surface area contributed by atoms with Gasteiger partial charge in [0, 0.05) is 6.04 Å². The van der Waals surface area contributed by atoms with Gasteiger partial charge in [0.1, 0.15) is 0 Å². The highest BCUT2D eigenvalue weighted by Crippen LogP contribution is 2.27. The van der Waals surface area contributed by atoms with Crippen LogP contribution in [0.3, 0.4) is 0 Å². The molecule has 0 aliphatic heterocycles. The summed E-state index contributed by atoms with van der Waals surface area (Å²) in [5, 5.41) is 2.53. The first-order valence-electron chi connectivity index (χ1n) is 8.70. The Morgan fingerprint density at radius 3 is 1.58 bits per heavy atom. The first-order valence-corrected chi connectivity index (χ1v) is 10.1. The van der Waals surface area contributed by atoms with E-state index < -0.39 is 9.04 Å². The highest BCUT2D eigenvalue weighted by atomic mass is 28.3. The quantitative estimate of drug-likeness (QED) is 0.820. The van der Waals surface area contributed by atoms with Crippen LogP contribution in [0.1, 0.15) is 34.6 Å². The minimum Gasteiger partial charge on any atom is -0.402 e. The zero-order valence-electron chi connectivity index (χ0n) is 15.5. The number of hydrogen-bond donors (Lipinski definition) is 1. The fourth-order valence-electron chi connectivity index (χ4n) is 2.79. The highest BCUT2D eigenvalue weighted by molar-refractivity contribution is 6.80. The van der Waals surface area contributed by atoms with Crippen molar-refractivity contribution in [1.29, 1.82) is 0 Å². The second kappa shape index (κ2) is 8.10. The van der Waals surface area contributed by atoms with Crippen LogP contribution in [0.15, 0.2) is 60.7 Å². The SMILES string of the molecule is CC(C)[C@H](N)C(O[Si](c1ccccc1)c1ccccc1)C(C)(C)C. The summed E-state index contributed by atoms with van der Waals surface area (Å²) in [5.41, 5.74) is 6.53. The lowest BCUT2D eigenvalue weighted by Gasteiger charge is -2.39. The van der Waals surface area contributed by atoms with E-state index in [-0.39, 0.29) is 17.6 Å². The molecule has 2 aromatic rings. The van der Waals surface area contributed by atoms with E-state index in [1.54, 1.807) is 0 Å². The normalized spacial score (nSPS) is 14.8. The van der Waals surface area contributed by atoms with Gasteiger partial charge in [-0.3, -0.25) is 0 Å². The van der Waals surface area contributed by atoms with Gasteiger partial charge in [-0.1, -0.05) is 95.3 Å². The van der Waals surface area contributed by atoms with E-state index in [1.165, 1.54) is 10.4 Å². The van der Waals surface area contributed by atoms with Crippen molar-refractivity contribution in [1.82, 2.24) is 0 Å². The summed E-state index contributed by atoms with van der Waals surface area (Å²) in [6.45, 7) is 11.0. The van der Waals surface area contributed by atoms with Gasteiger partial charge in [-0.15, -0.1) is 0 Å². The summed E-state index contributed by atoms with van der Waals surface area (Å²) in [5.74, 6) is 0.379. The number of nitrogens with two attached hydrogens (primary N) is 1. The molecule has 0 heterocycles. The highest BCUT2D eigenvalue weighted by Gasteiger charge is 2.36. The lowest BCUT2D eigenvalue weighted by molar-refractivity contribution is 0.0512. The van der Waals surface area contributed by atoms with Crippen molar-refractivity contribution >= 4 is 19.4 Å². The molecule has 0 amide bonds. The average Bonchev–Trinajstić information content (AvgIpc) is 2.55. The fraction of sp³-hybridized carbons (Fsp3) is 0.429. The molecule has 0 bridgehead atoms. The second-order valence-electron chi connectivity index (χ2n) is 7.79. The van der Waals surface area contributed by atoms with Crippen molar-refractivity contribution in [3.05, 3.63) is 60.7 Å². The molecule has 2 atom stereocenters. The Kier molecular flexibility index (Phi) is 6.38. The minimum atomic E-state index is -1.34. The lowest BCUT2D eigenvalue weighted by atomic mass is 9.81. The van der Waals surface area contributed by atoms with E-state index in [0.717, 1.165) is 0 Å². The van der Waals surface area contributed by atoms with E-state index in [1.807, 2.05) is 0 Å². The maximum absolute atomic E-state index is 6.79. The monoisotopic (exact) mass is 340 g/mol. The van der Waals surface area contributed by atoms with Crippen molar-refractivity contribution in [2.75, 3.05) is 0 Å². The molecule has 0 aliphatic carbocycles. The van der Waals surface area contributed by atoms with Gasteiger partial charge in [0.15, 0.2) is 0 Å². The van der Waals surface area contributed by atoms with Crippen LogP contribution in [0.5, 0.6) is 0 Å². The van der Waals surface area contributed by atoms with Crippen molar-refractivity contribution in [2.45, 2.75) is 46.8 Å². The predicted molar refractivity (Wildman–Crippen MR) is 105 cm³/mol. The molecule has 0 saturated carbocycles. The molecule has 129 valence electrons. The Balaban J connectivity index is 2.40. The van der Waals surface area contributed by atoms with Gasteiger partial charge < -0.3 is 10.2 Å². The Bertz CT molecular complexity index is 567. The smallest absolute Gasteiger partial charge is 0.283 e. The Morgan fingerprint density at radius 2 is 1.25 bits per heavy atom. The summed E-state index contributed by atoms with van der Waals surface area (Å²) in [6, 6.07) is 21.1. The van der Waals surface area contributed by atoms with E-state index in [0.29, 0.717) is 5.92 Å². The van der Waals surface area contributed by atoms with Crippen LogP contribution in [0.4, 0.5) is 0 Å². The largest absolute Gasteiger partial charge is 0.402 e. The van der Waals surface area contributed by atoms with Crippen molar-refractivity contribution < 1.29 is 4.43 Å². The number of rotatable bonds is 6. The van der Waals surface area contributed by atoms with Crippen LogP contribution < -0.4 is 16.1 Å². The standard InChI is InChI=1S/C21H30NOSi/c1-16(2)19(22)20(21(3,4)5)23-24(17-12-8-6-9-13-17)18-14-10-7-11-15-18/h6-16,19-20H,22H2,1-5H3/t19-,20?/m0/s1. The van der Waals surface area contributed by atoms with Gasteiger partial charge in [-0.05, 0) is 21.7 Å². The van der Waals surface area contributed by atoms with Gasteiger partial charge in [0.25, 0.3) is 9.04 Å².